The molecule has 6 heteroatoms. The number of H-pyrrole nitrogens is 1. The van der Waals surface area contributed by atoms with Crippen molar-refractivity contribution in [1.82, 2.24) is 20.6 Å². The van der Waals surface area contributed by atoms with Crippen molar-refractivity contribution in [2.45, 2.75) is 32.2 Å². The van der Waals surface area contributed by atoms with Gasteiger partial charge in [0.05, 0.1) is 12.0 Å². The van der Waals surface area contributed by atoms with Crippen LogP contribution in [0.2, 0.25) is 0 Å². The van der Waals surface area contributed by atoms with Crippen LogP contribution in [0.3, 0.4) is 0 Å². The Morgan fingerprint density at radius 1 is 1.67 bits per heavy atom. The van der Waals surface area contributed by atoms with Gasteiger partial charge >= 0.3 is 0 Å². The van der Waals surface area contributed by atoms with E-state index < -0.39 is 0 Å². The number of hydrogen-bond donors (Lipinski definition) is 3. The Kier molecular flexibility index (Phi) is 3.96. The number of aromatic amines is 1. The summed E-state index contributed by atoms with van der Waals surface area (Å²) in [5, 5.41) is 5.69. The quantitative estimate of drug-likeness (QED) is 0.727. The molecule has 98 valence electrons. The molecule has 18 heavy (non-hydrogen) atoms. The van der Waals surface area contributed by atoms with Crippen molar-refractivity contribution in [2.24, 2.45) is 5.92 Å². The molecule has 1 fully saturated rings. The van der Waals surface area contributed by atoms with Crippen molar-refractivity contribution in [3.8, 4) is 0 Å². The second-order valence-corrected chi connectivity index (χ2v) is 4.48. The van der Waals surface area contributed by atoms with Crippen LogP contribution in [-0.4, -0.2) is 28.3 Å². The molecule has 1 aliphatic rings. The zero-order valence-electron chi connectivity index (χ0n) is 10.4. The van der Waals surface area contributed by atoms with Gasteiger partial charge in [0, 0.05) is 25.4 Å². The number of hydrogen-bond acceptors (Lipinski definition) is 3. The molecule has 1 aromatic heterocycles. The molecule has 2 atom stereocenters. The monoisotopic (exact) mass is 250 g/mol. The number of piperidine rings is 1. The summed E-state index contributed by atoms with van der Waals surface area (Å²) in [6.07, 6.45) is 5.23. The van der Waals surface area contributed by atoms with Crippen LogP contribution < -0.4 is 10.6 Å². The summed E-state index contributed by atoms with van der Waals surface area (Å²) in [5.41, 5.74) is 0. The Balaban J connectivity index is 1.91. The Hall–Kier alpha value is -1.85. The second-order valence-electron chi connectivity index (χ2n) is 4.48. The molecule has 1 saturated heterocycles. The zero-order valence-corrected chi connectivity index (χ0v) is 10.4. The highest BCUT2D eigenvalue weighted by molar-refractivity contribution is 5.83. The first-order valence-electron chi connectivity index (χ1n) is 6.27. The van der Waals surface area contributed by atoms with E-state index in [2.05, 4.69) is 20.6 Å². The largest absolute Gasteiger partial charge is 0.355 e. The maximum Gasteiger partial charge on any atom is 0.225 e. The van der Waals surface area contributed by atoms with E-state index >= 15 is 0 Å². The van der Waals surface area contributed by atoms with Crippen molar-refractivity contribution < 1.29 is 9.59 Å². The van der Waals surface area contributed by atoms with Crippen molar-refractivity contribution in [3.05, 3.63) is 18.2 Å². The van der Waals surface area contributed by atoms with Crippen LogP contribution in [0.15, 0.2) is 12.4 Å². The lowest BCUT2D eigenvalue weighted by Gasteiger charge is -2.24. The summed E-state index contributed by atoms with van der Waals surface area (Å²) in [5.74, 6) is 0.646. The minimum atomic E-state index is -0.133. The van der Waals surface area contributed by atoms with Gasteiger partial charge in [0.25, 0.3) is 0 Å². The summed E-state index contributed by atoms with van der Waals surface area (Å²) in [6.45, 7) is 2.43. The highest BCUT2D eigenvalue weighted by Crippen LogP contribution is 2.15. The van der Waals surface area contributed by atoms with E-state index in [1.165, 1.54) is 0 Å². The predicted octanol–water partition coefficient (Wildman–Crippen LogP) is 0.503. The summed E-state index contributed by atoms with van der Waals surface area (Å²) < 4.78 is 0. The van der Waals surface area contributed by atoms with E-state index in [4.69, 9.17) is 0 Å². The van der Waals surface area contributed by atoms with E-state index in [1.807, 2.05) is 6.92 Å². The van der Waals surface area contributed by atoms with Gasteiger partial charge in [0.2, 0.25) is 11.8 Å². The maximum atomic E-state index is 12.1. The molecule has 3 N–H and O–H groups in total. The maximum absolute atomic E-state index is 12.1. The third-order valence-corrected chi connectivity index (χ3v) is 3.21. The van der Waals surface area contributed by atoms with Crippen LogP contribution in [0.5, 0.6) is 0 Å². The minimum absolute atomic E-state index is 0.0155. The van der Waals surface area contributed by atoms with Gasteiger partial charge in [-0.1, -0.05) is 6.92 Å². The van der Waals surface area contributed by atoms with Crippen LogP contribution in [-0.2, 0) is 9.59 Å². The molecule has 2 heterocycles. The first-order valence-corrected chi connectivity index (χ1v) is 6.27. The van der Waals surface area contributed by atoms with E-state index in [0.29, 0.717) is 19.4 Å². The van der Waals surface area contributed by atoms with E-state index in [9.17, 15) is 9.59 Å². The number of rotatable bonds is 4. The molecular weight excluding hydrogens is 232 g/mol. The summed E-state index contributed by atoms with van der Waals surface area (Å²) in [6, 6.07) is -0.0925. The predicted molar refractivity (Wildman–Crippen MR) is 65.5 cm³/mol. The molecule has 0 spiro atoms. The fourth-order valence-corrected chi connectivity index (χ4v) is 2.08. The van der Waals surface area contributed by atoms with Gasteiger partial charge < -0.3 is 15.6 Å². The number of nitrogens with one attached hydrogen (secondary N) is 3. The highest BCUT2D eigenvalue weighted by atomic mass is 16.2. The highest BCUT2D eigenvalue weighted by Gasteiger charge is 2.26. The Labute approximate surface area is 106 Å². The molecule has 0 aromatic carbocycles. The number of nitrogens with zero attached hydrogens (tertiary/aromatic N) is 1. The third kappa shape index (κ3) is 2.88. The molecular formula is C12H18N4O2. The summed E-state index contributed by atoms with van der Waals surface area (Å²) in [4.78, 5) is 30.3. The number of imidazole rings is 1. The molecule has 0 saturated carbocycles. The van der Waals surface area contributed by atoms with Crippen molar-refractivity contribution in [1.29, 1.82) is 0 Å². The summed E-state index contributed by atoms with van der Waals surface area (Å²) >= 11 is 0. The summed E-state index contributed by atoms with van der Waals surface area (Å²) in [7, 11) is 0. The van der Waals surface area contributed by atoms with Gasteiger partial charge in [-0.15, -0.1) is 0 Å². The van der Waals surface area contributed by atoms with E-state index in [-0.39, 0.29) is 23.8 Å². The van der Waals surface area contributed by atoms with Crippen LogP contribution in [0.4, 0.5) is 0 Å². The number of carbonyl (C=O) groups is 2. The molecule has 1 aliphatic heterocycles. The van der Waals surface area contributed by atoms with Crippen molar-refractivity contribution in [3.63, 3.8) is 0 Å². The Bertz CT molecular complexity index is 406. The zero-order chi connectivity index (χ0) is 13.0. The molecule has 0 aliphatic carbocycles. The van der Waals surface area contributed by atoms with E-state index in [0.717, 1.165) is 12.2 Å². The normalized spacial score (nSPS) is 21.2. The van der Waals surface area contributed by atoms with Crippen LogP contribution in [0, 0.1) is 5.92 Å². The van der Waals surface area contributed by atoms with E-state index in [1.54, 1.807) is 12.4 Å². The van der Waals surface area contributed by atoms with Gasteiger partial charge in [-0.3, -0.25) is 9.59 Å². The average molecular weight is 250 g/mol. The molecule has 2 unspecified atom stereocenters. The number of carbonyl (C=O) groups excluding carboxylic acids is 2. The van der Waals surface area contributed by atoms with Crippen LogP contribution in [0.1, 0.15) is 38.1 Å². The Morgan fingerprint density at radius 2 is 2.50 bits per heavy atom. The van der Waals surface area contributed by atoms with Gasteiger partial charge in [-0.05, 0) is 12.8 Å². The molecule has 0 radical (unpaired) electrons. The van der Waals surface area contributed by atoms with Crippen molar-refractivity contribution >= 4 is 11.8 Å². The molecule has 2 rings (SSSR count). The first kappa shape index (κ1) is 12.6. The minimum Gasteiger partial charge on any atom is -0.355 e. The third-order valence-electron chi connectivity index (χ3n) is 3.21. The lowest BCUT2D eigenvalue weighted by atomic mass is 9.98. The first-order chi connectivity index (χ1) is 8.70. The second kappa shape index (κ2) is 5.66. The molecule has 1 aromatic rings. The topological polar surface area (TPSA) is 86.9 Å². The Morgan fingerprint density at radius 3 is 3.06 bits per heavy atom. The van der Waals surface area contributed by atoms with Gasteiger partial charge in [0.15, 0.2) is 0 Å². The lowest BCUT2D eigenvalue weighted by molar-refractivity contribution is -0.129. The van der Waals surface area contributed by atoms with Gasteiger partial charge in [-0.25, -0.2) is 4.98 Å². The van der Waals surface area contributed by atoms with Crippen molar-refractivity contribution in [2.75, 3.05) is 6.54 Å². The fraction of sp³-hybridized carbons (Fsp3) is 0.583. The average Bonchev–Trinajstić information content (AvgIpc) is 2.90. The molecule has 6 nitrogen and oxygen atoms in total. The standard InChI is InChI=1S/C12H18N4O2/c1-2-9(11-13-5-6-14-11)16-12(18)8-3-4-10(17)15-7-8/h5-6,8-9H,2-4,7H2,1H3,(H,13,14)(H,15,17)(H,16,18). The molecule has 2 amide bonds. The SMILES string of the molecule is CCC(NC(=O)C1CCC(=O)NC1)c1ncc[nH]1. The fourth-order valence-electron chi connectivity index (χ4n) is 2.08. The lowest BCUT2D eigenvalue weighted by Crippen LogP contribution is -2.44. The van der Waals surface area contributed by atoms with Crippen LogP contribution >= 0.6 is 0 Å². The number of aromatic nitrogens is 2. The van der Waals surface area contributed by atoms with Gasteiger partial charge in [0.1, 0.15) is 5.82 Å². The van der Waals surface area contributed by atoms with Crippen LogP contribution in [0.25, 0.3) is 0 Å². The van der Waals surface area contributed by atoms with Gasteiger partial charge in [-0.2, -0.15) is 0 Å². The number of amides is 2. The molecule has 0 bridgehead atoms. The smallest absolute Gasteiger partial charge is 0.225 e.